The molecule has 2 aliphatic carbocycles. The predicted molar refractivity (Wildman–Crippen MR) is 333 cm³/mol. The van der Waals surface area contributed by atoms with Gasteiger partial charge in [-0.15, -0.1) is 0 Å². The summed E-state index contributed by atoms with van der Waals surface area (Å²) in [6, 6.07) is 117. The van der Waals surface area contributed by atoms with Crippen molar-refractivity contribution in [2.45, 2.75) is 10.8 Å². The summed E-state index contributed by atoms with van der Waals surface area (Å²) in [5.74, 6) is 0. The van der Waals surface area contributed by atoms with Gasteiger partial charge in [-0.1, -0.05) is 255 Å². The van der Waals surface area contributed by atoms with Crippen LogP contribution in [0.15, 0.2) is 315 Å². The molecule has 2 nitrogen and oxygen atoms in total. The molecule has 0 spiro atoms. The highest BCUT2D eigenvalue weighted by atomic mass is 15.1. The van der Waals surface area contributed by atoms with Crippen molar-refractivity contribution in [3.8, 4) is 39.1 Å². The monoisotopic (exact) mass is 1020 g/mol. The fourth-order valence-corrected chi connectivity index (χ4v) is 14.2. The van der Waals surface area contributed by atoms with Gasteiger partial charge in [0.25, 0.3) is 0 Å². The third-order valence-electron chi connectivity index (χ3n) is 17.6. The van der Waals surface area contributed by atoms with Gasteiger partial charge >= 0.3 is 0 Å². The minimum Gasteiger partial charge on any atom is -0.310 e. The first-order chi connectivity index (χ1) is 39.7. The van der Waals surface area contributed by atoms with Crippen molar-refractivity contribution in [3.63, 3.8) is 0 Å². The van der Waals surface area contributed by atoms with E-state index in [0.717, 1.165) is 33.8 Å². The predicted octanol–water partition coefficient (Wildman–Crippen LogP) is 19.8. The number of anilines is 3. The average molecular weight is 1020 g/mol. The highest BCUT2D eigenvalue weighted by Gasteiger charge is 2.47. The van der Waals surface area contributed by atoms with Crippen molar-refractivity contribution in [2.24, 2.45) is 0 Å². The second-order valence-corrected chi connectivity index (χ2v) is 21.5. The van der Waals surface area contributed by atoms with Gasteiger partial charge < -0.3 is 9.47 Å². The molecular formula is C78H52N2. The summed E-state index contributed by atoms with van der Waals surface area (Å²) < 4.78 is 2.50. The van der Waals surface area contributed by atoms with Crippen LogP contribution < -0.4 is 4.90 Å². The molecule has 0 saturated carbocycles. The van der Waals surface area contributed by atoms with Gasteiger partial charge in [0.2, 0.25) is 0 Å². The van der Waals surface area contributed by atoms with Crippen LogP contribution in [0.25, 0.3) is 71.6 Å². The maximum Gasteiger partial charge on any atom is 0.0713 e. The van der Waals surface area contributed by atoms with Crippen molar-refractivity contribution in [3.05, 3.63) is 360 Å². The van der Waals surface area contributed by atoms with Crippen LogP contribution in [-0.4, -0.2) is 4.57 Å². The summed E-state index contributed by atoms with van der Waals surface area (Å²) in [5, 5.41) is 4.80. The lowest BCUT2D eigenvalue weighted by molar-refractivity contribution is 0.768. The molecule has 0 saturated heterocycles. The molecule has 374 valence electrons. The number of nitrogens with zero attached hydrogens (tertiary/aromatic N) is 2. The second-order valence-electron chi connectivity index (χ2n) is 21.5. The third kappa shape index (κ3) is 6.66. The maximum atomic E-state index is 2.52. The molecule has 80 heavy (non-hydrogen) atoms. The van der Waals surface area contributed by atoms with Gasteiger partial charge in [-0.25, -0.2) is 0 Å². The van der Waals surface area contributed by atoms with Crippen LogP contribution in [0.3, 0.4) is 0 Å². The Balaban J connectivity index is 0.942. The summed E-state index contributed by atoms with van der Waals surface area (Å²) in [6.07, 6.45) is 0. The Labute approximate surface area is 466 Å². The van der Waals surface area contributed by atoms with Crippen molar-refractivity contribution in [1.29, 1.82) is 0 Å². The number of hydrogen-bond donors (Lipinski definition) is 0. The van der Waals surface area contributed by atoms with Crippen LogP contribution in [-0.2, 0) is 10.8 Å². The van der Waals surface area contributed by atoms with E-state index in [1.165, 1.54) is 99.4 Å². The maximum absolute atomic E-state index is 2.52. The van der Waals surface area contributed by atoms with E-state index in [1.54, 1.807) is 0 Å². The van der Waals surface area contributed by atoms with Crippen LogP contribution in [0.5, 0.6) is 0 Å². The molecule has 0 radical (unpaired) electrons. The fourth-order valence-electron chi connectivity index (χ4n) is 14.2. The molecule has 0 unspecified atom stereocenters. The van der Waals surface area contributed by atoms with Crippen LogP contribution in [0.4, 0.5) is 17.1 Å². The molecule has 0 N–H and O–H groups in total. The SMILES string of the molecule is c1ccc(-c2ccc(N(c3ccc(C4(c5ccccc5)c5ccccc5-c5ccccc54)cc3)c3ccc4c(c3)c3cc(C5(c6ccccc6)c6ccccc6-c6ccccc65)ccc3n4-c3cccc4ccccc34)cc2)cc1. The van der Waals surface area contributed by atoms with E-state index in [4.69, 9.17) is 0 Å². The Morgan fingerprint density at radius 2 is 0.637 bits per heavy atom. The molecule has 0 bridgehead atoms. The van der Waals surface area contributed by atoms with Gasteiger partial charge in [0, 0.05) is 33.2 Å². The molecule has 0 atom stereocenters. The van der Waals surface area contributed by atoms with Crippen LogP contribution >= 0.6 is 0 Å². The van der Waals surface area contributed by atoms with Gasteiger partial charge in [0.05, 0.1) is 27.6 Å². The average Bonchev–Trinajstić information content (AvgIpc) is 3.92. The summed E-state index contributed by atoms with van der Waals surface area (Å²) in [5.41, 5.74) is 23.3. The Morgan fingerprint density at radius 1 is 0.250 bits per heavy atom. The molecule has 14 aromatic rings. The first kappa shape index (κ1) is 45.9. The molecule has 1 aromatic heterocycles. The number of fused-ring (bicyclic) bond motifs is 10. The van der Waals surface area contributed by atoms with Crippen LogP contribution in [0, 0.1) is 0 Å². The van der Waals surface area contributed by atoms with Crippen LogP contribution in [0.2, 0.25) is 0 Å². The van der Waals surface area contributed by atoms with Crippen LogP contribution in [0.1, 0.15) is 44.5 Å². The van der Waals surface area contributed by atoms with Gasteiger partial charge in [-0.3, -0.25) is 0 Å². The molecule has 0 amide bonds. The molecule has 2 aliphatic rings. The van der Waals surface area contributed by atoms with E-state index in [0.29, 0.717) is 0 Å². The summed E-state index contributed by atoms with van der Waals surface area (Å²) in [4.78, 5) is 2.45. The van der Waals surface area contributed by atoms with E-state index in [2.05, 4.69) is 325 Å². The standard InChI is InChI=1S/C78H52N2/c1-4-21-53(22-5-1)54-39-44-60(45-40-54)79(61-46-41-58(42-47-61)77(56-25-6-2-7-26-56)70-34-16-12-30-64(70)65-31-13-17-35-71(65)77)62-48-50-76-69(52-62)68-51-59(43-49-75(68)80(76)74-38-20-24-55-23-10-11-29-63(55)74)78(57-27-8-3-9-28-57)72-36-18-14-32-66(72)67-33-15-19-37-73(67)78/h1-52H. The second kappa shape index (κ2) is 18.2. The third-order valence-corrected chi connectivity index (χ3v) is 17.6. The molecule has 13 aromatic carbocycles. The Kier molecular flexibility index (Phi) is 10.4. The first-order valence-electron chi connectivity index (χ1n) is 27.8. The number of hydrogen-bond acceptors (Lipinski definition) is 1. The molecule has 1 heterocycles. The first-order valence-corrected chi connectivity index (χ1v) is 27.8. The Morgan fingerprint density at radius 3 is 1.20 bits per heavy atom. The fraction of sp³-hybridized carbons (Fsp3) is 0.0256. The zero-order valence-corrected chi connectivity index (χ0v) is 43.9. The topological polar surface area (TPSA) is 8.17 Å². The lowest BCUT2D eigenvalue weighted by atomic mass is 9.67. The lowest BCUT2D eigenvalue weighted by Crippen LogP contribution is -2.28. The highest BCUT2D eigenvalue weighted by molar-refractivity contribution is 6.12. The molecule has 0 fully saturated rings. The smallest absolute Gasteiger partial charge is 0.0713 e. The Bertz CT molecular complexity index is 4590. The molecular weight excluding hydrogens is 965 g/mol. The minimum absolute atomic E-state index is 0.507. The van der Waals surface area contributed by atoms with E-state index in [-0.39, 0.29) is 0 Å². The van der Waals surface area contributed by atoms with Gasteiger partial charge in [-0.2, -0.15) is 0 Å². The van der Waals surface area contributed by atoms with Gasteiger partial charge in [0.15, 0.2) is 0 Å². The minimum atomic E-state index is -0.556. The molecule has 2 heteroatoms. The summed E-state index contributed by atoms with van der Waals surface area (Å²) >= 11 is 0. The zero-order chi connectivity index (χ0) is 52.8. The largest absolute Gasteiger partial charge is 0.310 e. The number of benzene rings is 13. The quantitative estimate of drug-likeness (QED) is 0.140. The number of aromatic nitrogens is 1. The van der Waals surface area contributed by atoms with Crippen molar-refractivity contribution in [2.75, 3.05) is 4.90 Å². The zero-order valence-electron chi connectivity index (χ0n) is 43.9. The summed E-state index contributed by atoms with van der Waals surface area (Å²) in [7, 11) is 0. The Hall–Kier alpha value is -10.3. The summed E-state index contributed by atoms with van der Waals surface area (Å²) in [6.45, 7) is 0. The molecule has 16 rings (SSSR count). The van der Waals surface area contributed by atoms with Gasteiger partial charge in [-0.05, 0) is 144 Å². The number of rotatable bonds is 9. The van der Waals surface area contributed by atoms with Crippen molar-refractivity contribution in [1.82, 2.24) is 4.57 Å². The van der Waals surface area contributed by atoms with E-state index in [1.807, 2.05) is 0 Å². The van der Waals surface area contributed by atoms with E-state index >= 15 is 0 Å². The van der Waals surface area contributed by atoms with Gasteiger partial charge in [0.1, 0.15) is 0 Å². The lowest BCUT2D eigenvalue weighted by Gasteiger charge is -2.34. The van der Waals surface area contributed by atoms with E-state index in [9.17, 15) is 0 Å². The van der Waals surface area contributed by atoms with E-state index < -0.39 is 10.8 Å². The highest BCUT2D eigenvalue weighted by Crippen LogP contribution is 2.58. The van der Waals surface area contributed by atoms with Crippen molar-refractivity contribution >= 4 is 49.6 Å². The molecule has 0 aliphatic heterocycles. The normalized spacial score (nSPS) is 13.4. The van der Waals surface area contributed by atoms with Crippen molar-refractivity contribution < 1.29 is 0 Å².